The minimum absolute atomic E-state index is 0.165. The van der Waals surface area contributed by atoms with Crippen LogP contribution in [0.5, 0.6) is 0 Å². The van der Waals surface area contributed by atoms with Gasteiger partial charge in [-0.3, -0.25) is 9.40 Å². The van der Waals surface area contributed by atoms with E-state index in [0.717, 1.165) is 25.7 Å². The quantitative estimate of drug-likeness (QED) is 0.848. The highest BCUT2D eigenvalue weighted by Gasteiger charge is 2.32. The van der Waals surface area contributed by atoms with Crippen LogP contribution in [0.3, 0.4) is 0 Å². The first-order chi connectivity index (χ1) is 12.1. The summed E-state index contributed by atoms with van der Waals surface area (Å²) in [5, 5.41) is 4.63. The lowest BCUT2D eigenvalue weighted by molar-refractivity contribution is 0.448. The fourth-order valence-electron chi connectivity index (χ4n) is 3.31. The van der Waals surface area contributed by atoms with Gasteiger partial charge in [0, 0.05) is 11.6 Å². The molecule has 1 fully saturated rings. The molecule has 5 nitrogen and oxygen atoms in total. The third-order valence-corrected chi connectivity index (χ3v) is 6.20. The summed E-state index contributed by atoms with van der Waals surface area (Å²) < 4.78 is 44.1. The van der Waals surface area contributed by atoms with E-state index in [2.05, 4.69) is 9.82 Å². The topological polar surface area (TPSA) is 64.0 Å². The zero-order valence-corrected chi connectivity index (χ0v) is 16.5. The van der Waals surface area contributed by atoms with Gasteiger partial charge in [-0.2, -0.15) is 5.10 Å². The highest BCUT2D eigenvalue weighted by Crippen LogP contribution is 2.34. The minimum Gasteiger partial charge on any atom is -0.279 e. The van der Waals surface area contributed by atoms with E-state index >= 15 is 0 Å². The summed E-state index contributed by atoms with van der Waals surface area (Å²) in [5.41, 5.74) is 0.787. The summed E-state index contributed by atoms with van der Waals surface area (Å²) in [4.78, 5) is 0.165. The predicted molar refractivity (Wildman–Crippen MR) is 100 cm³/mol. The number of sulfonamides is 1. The van der Waals surface area contributed by atoms with E-state index in [1.54, 1.807) is 29.9 Å². The lowest BCUT2D eigenvalue weighted by atomic mass is 9.92. The molecular formula is C19H26FN3O2S. The molecule has 0 radical (unpaired) electrons. The number of hydrogen-bond donors (Lipinski definition) is 1. The maximum Gasteiger partial charge on any atom is 0.265 e. The van der Waals surface area contributed by atoms with Crippen LogP contribution in [-0.4, -0.2) is 18.2 Å². The molecule has 1 heterocycles. The van der Waals surface area contributed by atoms with Crippen molar-refractivity contribution in [2.24, 2.45) is 0 Å². The predicted octanol–water partition coefficient (Wildman–Crippen LogP) is 4.54. The van der Waals surface area contributed by atoms with E-state index in [4.69, 9.17) is 0 Å². The van der Waals surface area contributed by atoms with E-state index in [-0.39, 0.29) is 16.6 Å². The molecular weight excluding hydrogens is 353 g/mol. The zero-order chi connectivity index (χ0) is 19.1. The Labute approximate surface area is 154 Å². The van der Waals surface area contributed by atoms with Gasteiger partial charge < -0.3 is 0 Å². The first-order valence-electron chi connectivity index (χ1n) is 8.96. The second-order valence-electron chi connectivity index (χ2n) is 8.08. The Hall–Kier alpha value is -1.89. The first kappa shape index (κ1) is 18.9. The lowest BCUT2D eigenvalue weighted by Gasteiger charge is -2.18. The largest absolute Gasteiger partial charge is 0.279 e. The van der Waals surface area contributed by atoms with E-state index < -0.39 is 21.3 Å². The van der Waals surface area contributed by atoms with Crippen molar-refractivity contribution in [3.8, 4) is 0 Å². The van der Waals surface area contributed by atoms with Crippen molar-refractivity contribution in [1.29, 1.82) is 0 Å². The Kier molecular flexibility index (Phi) is 4.86. The Morgan fingerprint density at radius 3 is 2.46 bits per heavy atom. The highest BCUT2D eigenvalue weighted by molar-refractivity contribution is 7.92. The maximum absolute atomic E-state index is 13.8. The molecule has 2 aromatic rings. The average Bonchev–Trinajstić information content (AvgIpc) is 3.18. The molecule has 0 amide bonds. The molecule has 0 bridgehead atoms. The van der Waals surface area contributed by atoms with Gasteiger partial charge in [-0.25, -0.2) is 12.8 Å². The smallest absolute Gasteiger partial charge is 0.265 e. The molecule has 1 saturated carbocycles. The van der Waals surface area contributed by atoms with Crippen molar-refractivity contribution in [1.82, 2.24) is 9.78 Å². The minimum atomic E-state index is -3.87. The Morgan fingerprint density at radius 2 is 1.88 bits per heavy atom. The molecule has 0 atom stereocenters. The Balaban J connectivity index is 2.00. The van der Waals surface area contributed by atoms with Crippen molar-refractivity contribution >= 4 is 15.7 Å². The van der Waals surface area contributed by atoms with E-state index in [0.29, 0.717) is 11.3 Å². The van der Waals surface area contributed by atoms with Gasteiger partial charge in [-0.15, -0.1) is 0 Å². The molecule has 3 rings (SSSR count). The van der Waals surface area contributed by atoms with Gasteiger partial charge in [0.25, 0.3) is 10.0 Å². The van der Waals surface area contributed by atoms with Crippen LogP contribution in [0.4, 0.5) is 10.1 Å². The molecule has 26 heavy (non-hydrogen) atoms. The molecule has 1 aliphatic rings. The standard InChI is InChI=1S/C19H26FN3O2S/c1-13-9-10-14(11-16(13)20)22-26(24,25)17-12-23(15-7-5-6-8-15)21-18(17)19(2,3)4/h9-12,15,22H,5-8H2,1-4H3. The zero-order valence-electron chi connectivity index (χ0n) is 15.7. The van der Waals surface area contributed by atoms with Crippen LogP contribution in [0.15, 0.2) is 29.3 Å². The van der Waals surface area contributed by atoms with Gasteiger partial charge in [0.1, 0.15) is 10.7 Å². The number of hydrogen-bond acceptors (Lipinski definition) is 3. The van der Waals surface area contributed by atoms with Crippen molar-refractivity contribution in [2.75, 3.05) is 4.72 Å². The van der Waals surface area contributed by atoms with E-state index in [9.17, 15) is 12.8 Å². The van der Waals surface area contributed by atoms with Crippen molar-refractivity contribution in [2.45, 2.75) is 69.7 Å². The summed E-state index contributed by atoms with van der Waals surface area (Å²) in [6.45, 7) is 7.47. The van der Waals surface area contributed by atoms with Gasteiger partial charge in [-0.05, 0) is 37.5 Å². The van der Waals surface area contributed by atoms with Crippen molar-refractivity contribution in [3.05, 3.63) is 41.5 Å². The Morgan fingerprint density at radius 1 is 1.23 bits per heavy atom. The second-order valence-corrected chi connectivity index (χ2v) is 9.73. The number of rotatable bonds is 4. The van der Waals surface area contributed by atoms with Crippen LogP contribution in [-0.2, 0) is 15.4 Å². The molecule has 1 aromatic heterocycles. The summed E-state index contributed by atoms with van der Waals surface area (Å²) in [7, 11) is -3.87. The van der Waals surface area contributed by atoms with Crippen LogP contribution >= 0.6 is 0 Å². The molecule has 1 N–H and O–H groups in total. The normalized spacial score (nSPS) is 16.2. The third kappa shape index (κ3) is 3.77. The second kappa shape index (κ2) is 6.68. The van der Waals surface area contributed by atoms with Gasteiger partial charge >= 0.3 is 0 Å². The monoisotopic (exact) mass is 379 g/mol. The summed E-state index contributed by atoms with van der Waals surface area (Å²) in [6.07, 6.45) is 5.93. The maximum atomic E-state index is 13.8. The summed E-state index contributed by atoms with van der Waals surface area (Å²) >= 11 is 0. The average molecular weight is 380 g/mol. The van der Waals surface area contributed by atoms with Gasteiger partial charge in [0.05, 0.1) is 17.4 Å². The van der Waals surface area contributed by atoms with Crippen LogP contribution < -0.4 is 4.72 Å². The van der Waals surface area contributed by atoms with E-state index in [1.165, 1.54) is 6.07 Å². The number of benzene rings is 1. The number of nitrogens with zero attached hydrogens (tertiary/aromatic N) is 2. The van der Waals surface area contributed by atoms with Crippen LogP contribution in [0.2, 0.25) is 0 Å². The van der Waals surface area contributed by atoms with Crippen molar-refractivity contribution < 1.29 is 12.8 Å². The molecule has 0 unspecified atom stereocenters. The van der Waals surface area contributed by atoms with Crippen LogP contribution in [0.25, 0.3) is 0 Å². The number of halogens is 1. The molecule has 142 valence electrons. The molecule has 1 aromatic carbocycles. The summed E-state index contributed by atoms with van der Waals surface area (Å²) in [6, 6.07) is 4.57. The molecule has 0 aliphatic heterocycles. The molecule has 7 heteroatoms. The number of nitrogens with one attached hydrogen (secondary N) is 1. The van der Waals surface area contributed by atoms with Gasteiger partial charge in [0.2, 0.25) is 0 Å². The van der Waals surface area contributed by atoms with E-state index in [1.807, 2.05) is 20.8 Å². The summed E-state index contributed by atoms with van der Waals surface area (Å²) in [5.74, 6) is -0.442. The third-order valence-electron chi connectivity index (χ3n) is 4.82. The highest BCUT2D eigenvalue weighted by atomic mass is 32.2. The molecule has 1 aliphatic carbocycles. The fourth-order valence-corrected chi connectivity index (χ4v) is 4.71. The van der Waals surface area contributed by atoms with Gasteiger partial charge in [0.15, 0.2) is 0 Å². The van der Waals surface area contributed by atoms with Gasteiger partial charge in [-0.1, -0.05) is 39.7 Å². The number of aryl methyl sites for hydroxylation is 1. The molecule has 0 saturated heterocycles. The van der Waals surface area contributed by atoms with Crippen molar-refractivity contribution in [3.63, 3.8) is 0 Å². The lowest BCUT2D eigenvalue weighted by Crippen LogP contribution is -2.20. The Bertz CT molecular complexity index is 907. The SMILES string of the molecule is Cc1ccc(NS(=O)(=O)c2cn(C3CCCC3)nc2C(C)(C)C)cc1F. The first-order valence-corrected chi connectivity index (χ1v) is 10.4. The van der Waals surface area contributed by atoms with Crippen LogP contribution in [0, 0.1) is 12.7 Å². The van der Waals surface area contributed by atoms with Crippen LogP contribution in [0.1, 0.15) is 63.8 Å². The number of anilines is 1. The fraction of sp³-hybridized carbons (Fsp3) is 0.526. The molecule has 0 spiro atoms. The number of aromatic nitrogens is 2.